The highest BCUT2D eigenvalue weighted by molar-refractivity contribution is 5.86. The van der Waals surface area contributed by atoms with Gasteiger partial charge in [0.2, 0.25) is 5.88 Å². The monoisotopic (exact) mass is 282 g/mol. The lowest BCUT2D eigenvalue weighted by atomic mass is 10.0. The molecule has 3 rings (SSSR count). The summed E-state index contributed by atoms with van der Waals surface area (Å²) >= 11 is 0. The fourth-order valence-corrected chi connectivity index (χ4v) is 2.25. The Morgan fingerprint density at radius 2 is 2.29 bits per heavy atom. The van der Waals surface area contributed by atoms with Gasteiger partial charge in [-0.2, -0.15) is 0 Å². The van der Waals surface area contributed by atoms with E-state index < -0.39 is 0 Å². The van der Waals surface area contributed by atoms with Crippen molar-refractivity contribution in [2.45, 2.75) is 13.2 Å². The van der Waals surface area contributed by atoms with Crippen LogP contribution in [0.2, 0.25) is 0 Å². The Morgan fingerprint density at radius 3 is 3.10 bits per heavy atom. The second-order valence-electron chi connectivity index (χ2n) is 4.63. The molecular formula is C16H14N2O3. The van der Waals surface area contributed by atoms with Gasteiger partial charge in [0.15, 0.2) is 6.29 Å². The molecule has 106 valence electrons. The zero-order chi connectivity index (χ0) is 14.7. The van der Waals surface area contributed by atoms with Gasteiger partial charge in [-0.25, -0.2) is 4.98 Å². The molecule has 0 saturated carbocycles. The molecule has 5 nitrogen and oxygen atoms in total. The summed E-state index contributed by atoms with van der Waals surface area (Å²) in [6.45, 7) is 1.08. The summed E-state index contributed by atoms with van der Waals surface area (Å²) in [5.74, 6) is 0.829. The Hall–Kier alpha value is -2.69. The fourth-order valence-electron chi connectivity index (χ4n) is 2.25. The quantitative estimate of drug-likeness (QED) is 0.790. The highest BCUT2D eigenvalue weighted by Crippen LogP contribution is 2.23. The lowest BCUT2D eigenvalue weighted by Crippen LogP contribution is -2.03. The lowest BCUT2D eigenvalue weighted by molar-refractivity contribution is 0.111. The Bertz CT molecular complexity index is 711. The molecule has 0 bridgehead atoms. The van der Waals surface area contributed by atoms with Gasteiger partial charge in [-0.05, 0) is 11.1 Å². The van der Waals surface area contributed by atoms with E-state index >= 15 is 0 Å². The van der Waals surface area contributed by atoms with Gasteiger partial charge < -0.3 is 9.47 Å². The molecule has 5 heteroatoms. The third kappa shape index (κ3) is 2.63. The van der Waals surface area contributed by atoms with Crippen LogP contribution < -0.4 is 9.47 Å². The molecule has 21 heavy (non-hydrogen) atoms. The number of aldehydes is 1. The van der Waals surface area contributed by atoms with E-state index in [9.17, 15) is 4.79 Å². The highest BCUT2D eigenvalue weighted by Gasteiger charge is 2.12. The summed E-state index contributed by atoms with van der Waals surface area (Å²) in [7, 11) is 1.50. The average Bonchev–Trinajstić information content (AvgIpc) is 3.01. The predicted octanol–water partition coefficient (Wildman–Crippen LogP) is 2.41. The van der Waals surface area contributed by atoms with Gasteiger partial charge in [0, 0.05) is 17.8 Å². The first kappa shape index (κ1) is 13.3. The summed E-state index contributed by atoms with van der Waals surface area (Å²) in [5, 5.41) is 0. The minimum Gasteiger partial charge on any atom is -0.487 e. The molecule has 1 aliphatic rings. The number of rotatable bonds is 5. The number of fused-ring (bicyclic) bond motifs is 1. The van der Waals surface area contributed by atoms with Crippen LogP contribution in [0.15, 0.2) is 35.5 Å². The maximum Gasteiger partial charge on any atom is 0.213 e. The van der Waals surface area contributed by atoms with E-state index in [4.69, 9.17) is 9.47 Å². The van der Waals surface area contributed by atoms with Crippen molar-refractivity contribution < 1.29 is 14.3 Å². The van der Waals surface area contributed by atoms with Crippen LogP contribution in [-0.2, 0) is 13.2 Å². The largest absolute Gasteiger partial charge is 0.487 e. The molecule has 0 amide bonds. The number of benzene rings is 1. The molecule has 0 unspecified atom stereocenters. The predicted molar refractivity (Wildman–Crippen MR) is 78.2 cm³/mol. The van der Waals surface area contributed by atoms with Crippen LogP contribution >= 0.6 is 0 Å². The van der Waals surface area contributed by atoms with Crippen LogP contribution in [0.1, 0.15) is 27.0 Å². The number of hydrogen-bond acceptors (Lipinski definition) is 5. The zero-order valence-electron chi connectivity index (χ0n) is 11.6. The van der Waals surface area contributed by atoms with Gasteiger partial charge in [-0.15, -0.1) is 0 Å². The molecule has 2 aromatic rings. The van der Waals surface area contributed by atoms with Crippen molar-refractivity contribution in [2.75, 3.05) is 7.11 Å². The van der Waals surface area contributed by atoms with Crippen LogP contribution in [0.25, 0.3) is 0 Å². The van der Waals surface area contributed by atoms with Crippen molar-refractivity contribution >= 4 is 12.5 Å². The minimum absolute atomic E-state index is 0.365. The van der Waals surface area contributed by atoms with Gasteiger partial charge in [0.25, 0.3) is 0 Å². The number of aliphatic imine (C=N–C) groups is 1. The smallest absolute Gasteiger partial charge is 0.213 e. The molecule has 0 spiro atoms. The normalized spacial score (nSPS) is 12.0. The summed E-state index contributed by atoms with van der Waals surface area (Å²) < 4.78 is 10.7. The number of nitrogens with zero attached hydrogens (tertiary/aromatic N) is 2. The van der Waals surface area contributed by atoms with E-state index in [-0.39, 0.29) is 0 Å². The number of carbonyl (C=O) groups is 1. The van der Waals surface area contributed by atoms with Crippen LogP contribution in [0.4, 0.5) is 0 Å². The molecule has 1 aromatic carbocycles. The van der Waals surface area contributed by atoms with Crippen LogP contribution in [0.5, 0.6) is 11.6 Å². The van der Waals surface area contributed by atoms with Gasteiger partial charge >= 0.3 is 0 Å². The molecule has 0 aliphatic carbocycles. The average molecular weight is 282 g/mol. The van der Waals surface area contributed by atoms with Crippen molar-refractivity contribution in [1.29, 1.82) is 0 Å². The van der Waals surface area contributed by atoms with E-state index in [0.717, 1.165) is 17.4 Å². The maximum atomic E-state index is 11.1. The van der Waals surface area contributed by atoms with Crippen molar-refractivity contribution in [3.8, 4) is 11.6 Å². The second kappa shape index (κ2) is 5.75. The topological polar surface area (TPSA) is 60.8 Å². The number of methoxy groups -OCH3 is 1. The summed E-state index contributed by atoms with van der Waals surface area (Å²) in [6.07, 6.45) is 4.09. The standard InChI is InChI=1S/C16H14N2O3/c1-20-16-5-13(9-19)15(8-18-16)21-10-12-4-2-3-11-6-17-7-14(11)12/h2-5,7-9H,6,10H2,1H3. The molecule has 0 saturated heterocycles. The first-order valence-corrected chi connectivity index (χ1v) is 6.54. The lowest BCUT2D eigenvalue weighted by Gasteiger charge is -2.11. The van der Waals surface area contributed by atoms with Crippen molar-refractivity contribution in [3.05, 3.63) is 52.7 Å². The van der Waals surface area contributed by atoms with Crippen molar-refractivity contribution in [1.82, 2.24) is 4.98 Å². The van der Waals surface area contributed by atoms with E-state index in [1.165, 1.54) is 18.9 Å². The Kier molecular flexibility index (Phi) is 3.64. The summed E-state index contributed by atoms with van der Waals surface area (Å²) in [5.41, 5.74) is 3.76. The molecule has 0 atom stereocenters. The molecule has 0 N–H and O–H groups in total. The van der Waals surface area contributed by atoms with Crippen molar-refractivity contribution in [2.24, 2.45) is 4.99 Å². The first-order valence-electron chi connectivity index (χ1n) is 6.54. The fraction of sp³-hybridized carbons (Fsp3) is 0.188. The first-order chi connectivity index (χ1) is 10.3. The molecule has 0 fully saturated rings. The van der Waals surface area contributed by atoms with Gasteiger partial charge in [-0.1, -0.05) is 18.2 Å². The number of pyridine rings is 1. The Morgan fingerprint density at radius 1 is 1.38 bits per heavy atom. The van der Waals surface area contributed by atoms with E-state index in [2.05, 4.69) is 16.0 Å². The summed E-state index contributed by atoms with van der Waals surface area (Å²) in [6, 6.07) is 7.59. The Labute approximate surface area is 122 Å². The minimum atomic E-state index is 0.365. The number of hydrogen-bond donors (Lipinski definition) is 0. The van der Waals surface area contributed by atoms with E-state index in [1.807, 2.05) is 18.3 Å². The van der Waals surface area contributed by atoms with Crippen LogP contribution in [0.3, 0.4) is 0 Å². The zero-order valence-corrected chi connectivity index (χ0v) is 11.6. The third-order valence-corrected chi connectivity index (χ3v) is 3.36. The number of ether oxygens (including phenoxy) is 2. The van der Waals surface area contributed by atoms with Gasteiger partial charge in [-0.3, -0.25) is 9.79 Å². The third-order valence-electron chi connectivity index (χ3n) is 3.36. The highest BCUT2D eigenvalue weighted by atomic mass is 16.5. The maximum absolute atomic E-state index is 11.1. The summed E-state index contributed by atoms with van der Waals surface area (Å²) in [4.78, 5) is 19.4. The van der Waals surface area contributed by atoms with E-state index in [0.29, 0.717) is 30.3 Å². The number of carbonyl (C=O) groups excluding carboxylic acids is 1. The molecule has 0 radical (unpaired) electrons. The van der Waals surface area contributed by atoms with Gasteiger partial charge in [0.1, 0.15) is 12.4 Å². The molecular weight excluding hydrogens is 268 g/mol. The van der Waals surface area contributed by atoms with Crippen molar-refractivity contribution in [3.63, 3.8) is 0 Å². The molecule has 1 aliphatic heterocycles. The van der Waals surface area contributed by atoms with E-state index in [1.54, 1.807) is 6.07 Å². The van der Waals surface area contributed by atoms with Gasteiger partial charge in [0.05, 0.1) is 25.4 Å². The Balaban J connectivity index is 1.81. The van der Waals surface area contributed by atoms with Crippen LogP contribution in [-0.4, -0.2) is 24.6 Å². The second-order valence-corrected chi connectivity index (χ2v) is 4.63. The SMILES string of the molecule is COc1cc(C=O)c(OCc2cccc3c2C=NC3)cn1. The molecule has 2 heterocycles. The van der Waals surface area contributed by atoms with Crippen LogP contribution in [0, 0.1) is 0 Å². The number of aromatic nitrogens is 1. The molecule has 1 aromatic heterocycles.